The van der Waals surface area contributed by atoms with Crippen LogP contribution >= 0.6 is 0 Å². The molecule has 14 heavy (non-hydrogen) atoms. The Morgan fingerprint density at radius 2 is 2.00 bits per heavy atom. The average Bonchev–Trinajstić information content (AvgIpc) is 2.17. The molecular weight excluding hydrogens is 182 g/mol. The van der Waals surface area contributed by atoms with Crippen molar-refractivity contribution in [3.63, 3.8) is 0 Å². The van der Waals surface area contributed by atoms with Crippen molar-refractivity contribution in [1.82, 2.24) is 0 Å². The number of methoxy groups -OCH3 is 2. The van der Waals surface area contributed by atoms with Gasteiger partial charge in [-0.3, -0.25) is 0 Å². The van der Waals surface area contributed by atoms with Crippen molar-refractivity contribution in [3.05, 3.63) is 17.7 Å². The Morgan fingerprint density at radius 1 is 1.29 bits per heavy atom. The van der Waals surface area contributed by atoms with Crippen LogP contribution in [0.15, 0.2) is 12.1 Å². The van der Waals surface area contributed by atoms with E-state index in [1.54, 1.807) is 6.07 Å². The van der Waals surface area contributed by atoms with E-state index < -0.39 is 0 Å². The van der Waals surface area contributed by atoms with E-state index in [4.69, 9.17) is 15.2 Å². The molecule has 0 unspecified atom stereocenters. The van der Waals surface area contributed by atoms with Gasteiger partial charge in [0.15, 0.2) is 11.5 Å². The molecule has 78 valence electrons. The van der Waals surface area contributed by atoms with Crippen molar-refractivity contribution in [2.75, 3.05) is 20.8 Å². The van der Waals surface area contributed by atoms with Crippen molar-refractivity contribution in [2.45, 2.75) is 6.42 Å². The summed E-state index contributed by atoms with van der Waals surface area (Å²) in [6.07, 6.45) is 0.702. The maximum Gasteiger partial charge on any atom is 0.203 e. The van der Waals surface area contributed by atoms with E-state index in [1.807, 2.05) is 6.07 Å². The van der Waals surface area contributed by atoms with Crippen molar-refractivity contribution >= 4 is 0 Å². The maximum absolute atomic E-state index is 9.58. The van der Waals surface area contributed by atoms with E-state index in [9.17, 15) is 5.11 Å². The van der Waals surface area contributed by atoms with E-state index >= 15 is 0 Å². The Hall–Kier alpha value is -1.42. The predicted molar refractivity (Wildman–Crippen MR) is 54.0 cm³/mol. The Balaban J connectivity index is 3.10. The van der Waals surface area contributed by atoms with E-state index in [1.165, 1.54) is 14.2 Å². The van der Waals surface area contributed by atoms with Gasteiger partial charge in [0.05, 0.1) is 14.2 Å². The molecule has 0 spiro atoms. The second kappa shape index (κ2) is 4.72. The summed E-state index contributed by atoms with van der Waals surface area (Å²) in [6, 6.07) is 3.44. The van der Waals surface area contributed by atoms with Crippen LogP contribution in [-0.2, 0) is 6.42 Å². The van der Waals surface area contributed by atoms with E-state index in [2.05, 4.69) is 0 Å². The molecule has 0 amide bonds. The molecule has 0 saturated heterocycles. The van der Waals surface area contributed by atoms with Gasteiger partial charge in [0.2, 0.25) is 5.75 Å². The molecule has 4 heteroatoms. The average molecular weight is 197 g/mol. The molecule has 0 atom stereocenters. The van der Waals surface area contributed by atoms with Crippen LogP contribution in [0.1, 0.15) is 5.56 Å². The number of hydrogen-bond acceptors (Lipinski definition) is 4. The number of benzene rings is 1. The molecule has 0 aromatic heterocycles. The molecular formula is C10H15NO3. The minimum atomic E-state index is 0.0790. The smallest absolute Gasteiger partial charge is 0.203 e. The lowest BCUT2D eigenvalue weighted by atomic mass is 10.1. The molecule has 0 aliphatic carbocycles. The van der Waals surface area contributed by atoms with Gasteiger partial charge in [0, 0.05) is 0 Å². The van der Waals surface area contributed by atoms with Crippen LogP contribution in [0.3, 0.4) is 0 Å². The standard InChI is InChI=1S/C10H15NO3/c1-13-9-6-7(3-4-11)5-8(12)10(9)14-2/h5-6,12H,3-4,11H2,1-2H3. The fourth-order valence-electron chi connectivity index (χ4n) is 1.31. The predicted octanol–water partition coefficient (Wildman–Crippen LogP) is 0.911. The Bertz CT molecular complexity index is 312. The third-order valence-corrected chi connectivity index (χ3v) is 1.95. The fourth-order valence-corrected chi connectivity index (χ4v) is 1.31. The van der Waals surface area contributed by atoms with Crippen molar-refractivity contribution in [2.24, 2.45) is 5.73 Å². The zero-order chi connectivity index (χ0) is 10.6. The Morgan fingerprint density at radius 3 is 2.50 bits per heavy atom. The van der Waals surface area contributed by atoms with Gasteiger partial charge in [-0.1, -0.05) is 0 Å². The molecule has 0 heterocycles. The SMILES string of the molecule is COc1cc(CCN)cc(O)c1OC. The van der Waals surface area contributed by atoms with Gasteiger partial charge in [0.25, 0.3) is 0 Å². The number of ether oxygens (including phenoxy) is 2. The highest BCUT2D eigenvalue weighted by molar-refractivity contribution is 5.53. The summed E-state index contributed by atoms with van der Waals surface area (Å²) < 4.78 is 10.1. The number of aromatic hydroxyl groups is 1. The summed E-state index contributed by atoms with van der Waals surface area (Å²) in [6.45, 7) is 0.537. The largest absolute Gasteiger partial charge is 0.504 e. The maximum atomic E-state index is 9.58. The van der Waals surface area contributed by atoms with E-state index in [-0.39, 0.29) is 5.75 Å². The van der Waals surface area contributed by atoms with E-state index in [0.717, 1.165) is 5.56 Å². The molecule has 3 N–H and O–H groups in total. The van der Waals surface area contributed by atoms with Gasteiger partial charge in [-0.2, -0.15) is 0 Å². The highest BCUT2D eigenvalue weighted by Crippen LogP contribution is 2.37. The van der Waals surface area contributed by atoms with E-state index in [0.29, 0.717) is 24.5 Å². The highest BCUT2D eigenvalue weighted by atomic mass is 16.5. The third-order valence-electron chi connectivity index (χ3n) is 1.95. The Labute approximate surface area is 83.3 Å². The van der Waals surface area contributed by atoms with Crippen LogP contribution in [0.4, 0.5) is 0 Å². The number of hydrogen-bond donors (Lipinski definition) is 2. The third kappa shape index (κ3) is 2.09. The molecule has 0 radical (unpaired) electrons. The van der Waals surface area contributed by atoms with Crippen LogP contribution in [0.25, 0.3) is 0 Å². The second-order valence-corrected chi connectivity index (χ2v) is 2.89. The topological polar surface area (TPSA) is 64.7 Å². The first-order chi connectivity index (χ1) is 6.72. The van der Waals surface area contributed by atoms with Crippen molar-refractivity contribution < 1.29 is 14.6 Å². The van der Waals surface area contributed by atoms with Gasteiger partial charge in [-0.25, -0.2) is 0 Å². The van der Waals surface area contributed by atoms with Crippen LogP contribution < -0.4 is 15.2 Å². The molecule has 0 saturated carbocycles. The minimum absolute atomic E-state index is 0.0790. The molecule has 1 rings (SSSR count). The normalized spacial score (nSPS) is 9.93. The second-order valence-electron chi connectivity index (χ2n) is 2.89. The number of phenols is 1. The highest BCUT2D eigenvalue weighted by Gasteiger charge is 2.10. The molecule has 0 aliphatic heterocycles. The quantitative estimate of drug-likeness (QED) is 0.753. The van der Waals surface area contributed by atoms with Crippen LogP contribution in [0, 0.1) is 0 Å². The van der Waals surface area contributed by atoms with Gasteiger partial charge in [0.1, 0.15) is 0 Å². The first-order valence-electron chi connectivity index (χ1n) is 4.36. The van der Waals surface area contributed by atoms with Gasteiger partial charge in [-0.15, -0.1) is 0 Å². The van der Waals surface area contributed by atoms with Crippen LogP contribution in [-0.4, -0.2) is 25.9 Å². The fraction of sp³-hybridized carbons (Fsp3) is 0.400. The molecule has 0 bridgehead atoms. The van der Waals surface area contributed by atoms with Crippen LogP contribution in [0.2, 0.25) is 0 Å². The monoisotopic (exact) mass is 197 g/mol. The lowest BCUT2D eigenvalue weighted by molar-refractivity contribution is 0.332. The lowest BCUT2D eigenvalue weighted by Gasteiger charge is -2.11. The van der Waals surface area contributed by atoms with Crippen molar-refractivity contribution in [1.29, 1.82) is 0 Å². The molecule has 1 aromatic rings. The zero-order valence-corrected chi connectivity index (χ0v) is 8.41. The Kier molecular flexibility index (Phi) is 3.59. The molecule has 1 aromatic carbocycles. The van der Waals surface area contributed by atoms with Gasteiger partial charge >= 0.3 is 0 Å². The van der Waals surface area contributed by atoms with Gasteiger partial charge < -0.3 is 20.3 Å². The molecule has 0 fully saturated rings. The lowest BCUT2D eigenvalue weighted by Crippen LogP contribution is -2.03. The van der Waals surface area contributed by atoms with Crippen molar-refractivity contribution in [3.8, 4) is 17.2 Å². The van der Waals surface area contributed by atoms with Gasteiger partial charge in [-0.05, 0) is 30.7 Å². The number of phenolic OH excluding ortho intramolecular Hbond substituents is 1. The summed E-state index contributed by atoms with van der Waals surface area (Å²) in [4.78, 5) is 0. The first-order valence-corrected chi connectivity index (χ1v) is 4.36. The summed E-state index contributed by atoms with van der Waals surface area (Å²) in [5.41, 5.74) is 6.35. The number of nitrogens with two attached hydrogens (primary N) is 1. The molecule has 0 aliphatic rings. The summed E-state index contributed by atoms with van der Waals surface area (Å²) in [5, 5.41) is 9.58. The summed E-state index contributed by atoms with van der Waals surface area (Å²) >= 11 is 0. The summed E-state index contributed by atoms with van der Waals surface area (Å²) in [7, 11) is 3.02. The first kappa shape index (κ1) is 10.7. The minimum Gasteiger partial charge on any atom is -0.504 e. The van der Waals surface area contributed by atoms with Crippen LogP contribution in [0.5, 0.6) is 17.2 Å². The molecule has 4 nitrogen and oxygen atoms in total. The summed E-state index contributed by atoms with van der Waals surface area (Å²) in [5.74, 6) is 0.958. The number of rotatable bonds is 4. The zero-order valence-electron chi connectivity index (χ0n) is 8.41.